The van der Waals surface area contributed by atoms with Crippen LogP contribution >= 0.6 is 0 Å². The Morgan fingerprint density at radius 1 is 1.11 bits per heavy atom. The Bertz CT molecular complexity index is 908. The van der Waals surface area contributed by atoms with Crippen molar-refractivity contribution >= 4 is 23.8 Å². The molecule has 0 saturated heterocycles. The second-order valence-corrected chi connectivity index (χ2v) is 6.19. The van der Waals surface area contributed by atoms with Crippen molar-refractivity contribution in [3.05, 3.63) is 58.5 Å². The lowest BCUT2D eigenvalue weighted by Gasteiger charge is -2.25. The summed E-state index contributed by atoms with van der Waals surface area (Å²) in [5.41, 5.74) is 0.811. The summed E-state index contributed by atoms with van der Waals surface area (Å²) in [6.45, 7) is 4.72. The molecule has 8 heteroatoms. The number of benzene rings is 1. The second kappa shape index (κ2) is 6.39. The molecule has 0 bridgehead atoms. The molecule has 1 atom stereocenters. The van der Waals surface area contributed by atoms with Gasteiger partial charge in [0.05, 0.1) is 18.2 Å². The molecule has 2 heterocycles. The molecule has 0 saturated carbocycles. The van der Waals surface area contributed by atoms with E-state index in [9.17, 15) is 19.2 Å². The summed E-state index contributed by atoms with van der Waals surface area (Å²) in [6.07, 6.45) is 0.906. The molecule has 8 nitrogen and oxygen atoms in total. The van der Waals surface area contributed by atoms with Crippen LogP contribution in [-0.2, 0) is 23.8 Å². The van der Waals surface area contributed by atoms with E-state index in [1.54, 1.807) is 26.0 Å². The van der Waals surface area contributed by atoms with E-state index >= 15 is 0 Å². The maximum absolute atomic E-state index is 12.6. The van der Waals surface area contributed by atoms with Crippen molar-refractivity contribution in [2.45, 2.75) is 26.6 Å². The van der Waals surface area contributed by atoms with Crippen LogP contribution in [0, 0.1) is 0 Å². The van der Waals surface area contributed by atoms with E-state index in [0.29, 0.717) is 16.0 Å². The molecule has 0 aromatic heterocycles. The number of esters is 2. The molecule has 2 aliphatic heterocycles. The fourth-order valence-corrected chi connectivity index (χ4v) is 2.81. The van der Waals surface area contributed by atoms with Gasteiger partial charge in [-0.15, -0.1) is 0 Å². The number of methoxy groups -OCH3 is 1. The topological polar surface area (TPSA) is 99.2 Å². The number of nitrogens with zero attached hydrogens (tertiary/aromatic N) is 1. The fraction of sp³-hybridized carbons (Fsp3) is 0.263. The van der Waals surface area contributed by atoms with Crippen molar-refractivity contribution in [3.8, 4) is 0 Å². The van der Waals surface area contributed by atoms with Crippen LogP contribution in [0.5, 0.6) is 0 Å². The average molecular weight is 371 g/mol. The van der Waals surface area contributed by atoms with E-state index in [4.69, 9.17) is 9.47 Å². The Morgan fingerprint density at radius 3 is 2.11 bits per heavy atom. The van der Waals surface area contributed by atoms with Gasteiger partial charge in [-0.3, -0.25) is 9.59 Å². The fourth-order valence-electron chi connectivity index (χ4n) is 2.81. The van der Waals surface area contributed by atoms with Gasteiger partial charge in [0.1, 0.15) is 6.26 Å². The Hall–Kier alpha value is -3.42. The van der Waals surface area contributed by atoms with Gasteiger partial charge < -0.3 is 14.2 Å². The second-order valence-electron chi connectivity index (χ2n) is 6.19. The molecular weight excluding hydrogens is 354 g/mol. The van der Waals surface area contributed by atoms with Gasteiger partial charge >= 0.3 is 11.9 Å². The van der Waals surface area contributed by atoms with Gasteiger partial charge in [-0.05, 0) is 26.0 Å². The summed E-state index contributed by atoms with van der Waals surface area (Å²) in [7, 11) is 1.11. The van der Waals surface area contributed by atoms with Crippen LogP contribution < -0.4 is 0 Å². The maximum atomic E-state index is 12.6. The minimum absolute atomic E-state index is 0.169. The summed E-state index contributed by atoms with van der Waals surface area (Å²) in [5.74, 6) is -4.31. The minimum atomic E-state index is -1.46. The number of amides is 2. The van der Waals surface area contributed by atoms with Gasteiger partial charge in [-0.25, -0.2) is 14.5 Å². The molecule has 2 amide bonds. The highest BCUT2D eigenvalue weighted by Crippen LogP contribution is 2.34. The maximum Gasteiger partial charge on any atom is 0.358 e. The van der Waals surface area contributed by atoms with Crippen LogP contribution in [0.15, 0.2) is 47.4 Å². The smallest absolute Gasteiger partial charge is 0.358 e. The first-order valence-electron chi connectivity index (χ1n) is 8.06. The largest absolute Gasteiger partial charge is 0.464 e. The molecule has 0 fully saturated rings. The SMILES string of the molecule is COC(=O)/C(=C\OC1(C)OC(=O)C(C)=C1C)N1C(=O)c2ccccc2C1=O. The van der Waals surface area contributed by atoms with Crippen LogP contribution in [-0.4, -0.2) is 41.5 Å². The Balaban J connectivity index is 1.98. The van der Waals surface area contributed by atoms with Gasteiger partial charge in [0.15, 0.2) is 5.70 Å². The van der Waals surface area contributed by atoms with E-state index in [0.717, 1.165) is 13.4 Å². The van der Waals surface area contributed by atoms with Gasteiger partial charge in [0.2, 0.25) is 0 Å². The van der Waals surface area contributed by atoms with Crippen LogP contribution in [0.2, 0.25) is 0 Å². The molecule has 3 rings (SSSR count). The van der Waals surface area contributed by atoms with Gasteiger partial charge in [-0.1, -0.05) is 12.1 Å². The number of carbonyl (C=O) groups is 4. The Kier molecular flexibility index (Phi) is 4.35. The number of imide groups is 1. The summed E-state index contributed by atoms with van der Waals surface area (Å²) in [4.78, 5) is 49.9. The van der Waals surface area contributed by atoms with E-state index in [1.165, 1.54) is 19.1 Å². The quantitative estimate of drug-likeness (QED) is 0.345. The van der Waals surface area contributed by atoms with Crippen LogP contribution in [0.4, 0.5) is 0 Å². The van der Waals surface area contributed by atoms with E-state index in [1.807, 2.05) is 0 Å². The predicted octanol–water partition coefficient (Wildman–Crippen LogP) is 1.92. The van der Waals surface area contributed by atoms with E-state index < -0.39 is 35.2 Å². The summed E-state index contributed by atoms with van der Waals surface area (Å²) >= 11 is 0. The molecule has 0 N–H and O–H groups in total. The minimum Gasteiger partial charge on any atom is -0.464 e. The number of hydrogen-bond acceptors (Lipinski definition) is 7. The molecule has 0 spiro atoms. The van der Waals surface area contributed by atoms with Crippen LogP contribution in [0.25, 0.3) is 0 Å². The molecule has 1 unspecified atom stereocenters. The standard InChI is InChI=1S/C19H17NO7/c1-10-11(2)19(3,27-17(10)23)26-9-14(18(24)25-4)20-15(21)12-7-5-6-8-13(12)16(20)22/h5-9H,1-4H3/b14-9+. The first-order chi connectivity index (χ1) is 12.7. The summed E-state index contributed by atoms with van der Waals surface area (Å²) in [5, 5.41) is 0. The average Bonchev–Trinajstić information content (AvgIpc) is 3.02. The molecule has 1 aromatic rings. The third kappa shape index (κ3) is 2.79. The van der Waals surface area contributed by atoms with Crippen LogP contribution in [0.1, 0.15) is 41.5 Å². The van der Waals surface area contributed by atoms with Crippen molar-refractivity contribution in [2.24, 2.45) is 0 Å². The van der Waals surface area contributed by atoms with Crippen molar-refractivity contribution in [2.75, 3.05) is 7.11 Å². The molecule has 0 radical (unpaired) electrons. The third-order valence-electron chi connectivity index (χ3n) is 4.66. The molecule has 1 aromatic carbocycles. The van der Waals surface area contributed by atoms with Crippen LogP contribution in [0.3, 0.4) is 0 Å². The molecule has 140 valence electrons. The lowest BCUT2D eigenvalue weighted by atomic mass is 10.1. The predicted molar refractivity (Wildman–Crippen MR) is 91.0 cm³/mol. The Morgan fingerprint density at radius 2 is 1.67 bits per heavy atom. The molecular formula is C19H17NO7. The number of fused-ring (bicyclic) bond motifs is 1. The first kappa shape index (κ1) is 18.4. The lowest BCUT2D eigenvalue weighted by molar-refractivity contribution is -0.178. The zero-order valence-corrected chi connectivity index (χ0v) is 15.2. The van der Waals surface area contributed by atoms with Crippen molar-refractivity contribution in [3.63, 3.8) is 0 Å². The van der Waals surface area contributed by atoms with Crippen molar-refractivity contribution in [1.82, 2.24) is 4.90 Å². The Labute approximate surface area is 155 Å². The highest BCUT2D eigenvalue weighted by molar-refractivity contribution is 6.24. The summed E-state index contributed by atoms with van der Waals surface area (Å²) in [6, 6.07) is 6.20. The van der Waals surface area contributed by atoms with E-state index in [2.05, 4.69) is 4.74 Å². The highest BCUT2D eigenvalue weighted by Gasteiger charge is 2.44. The number of rotatable bonds is 4. The highest BCUT2D eigenvalue weighted by atomic mass is 16.7. The molecule has 0 aliphatic carbocycles. The number of ether oxygens (including phenoxy) is 3. The zero-order chi connectivity index (χ0) is 19.9. The first-order valence-corrected chi connectivity index (χ1v) is 8.06. The number of cyclic esters (lactones) is 1. The van der Waals surface area contributed by atoms with Gasteiger partial charge in [0.25, 0.3) is 17.6 Å². The third-order valence-corrected chi connectivity index (χ3v) is 4.66. The summed E-state index contributed by atoms with van der Waals surface area (Å²) < 4.78 is 15.4. The monoisotopic (exact) mass is 371 g/mol. The van der Waals surface area contributed by atoms with Crippen molar-refractivity contribution < 1.29 is 33.4 Å². The zero-order valence-electron chi connectivity index (χ0n) is 15.2. The number of hydrogen-bond donors (Lipinski definition) is 0. The molecule has 2 aliphatic rings. The van der Waals surface area contributed by atoms with Gasteiger partial charge in [0, 0.05) is 18.1 Å². The lowest BCUT2D eigenvalue weighted by Crippen LogP contribution is -2.35. The number of carbonyl (C=O) groups excluding carboxylic acids is 4. The normalized spacial score (nSPS) is 22.1. The van der Waals surface area contributed by atoms with E-state index in [-0.39, 0.29) is 11.1 Å². The van der Waals surface area contributed by atoms with Crippen molar-refractivity contribution in [1.29, 1.82) is 0 Å². The van der Waals surface area contributed by atoms with Gasteiger partial charge in [-0.2, -0.15) is 0 Å². The molecule has 27 heavy (non-hydrogen) atoms.